The molecule has 0 aliphatic heterocycles. The molecule has 3 rings (SSSR count). The lowest BCUT2D eigenvalue weighted by Crippen LogP contribution is -2.32. The molecule has 0 saturated heterocycles. The van der Waals surface area contributed by atoms with E-state index in [1.165, 1.54) is 0 Å². The van der Waals surface area contributed by atoms with Crippen LogP contribution >= 0.6 is 0 Å². The predicted octanol–water partition coefficient (Wildman–Crippen LogP) is 2.99. The fourth-order valence-electron chi connectivity index (χ4n) is 2.01. The molecule has 0 spiro atoms. The third-order valence-electron chi connectivity index (χ3n) is 3.11. The van der Waals surface area contributed by atoms with E-state index >= 15 is 0 Å². The summed E-state index contributed by atoms with van der Waals surface area (Å²) in [6.45, 7) is 2.35. The highest BCUT2D eigenvalue weighted by molar-refractivity contribution is 5.91. The van der Waals surface area contributed by atoms with Gasteiger partial charge in [-0.15, -0.1) is 0 Å². The predicted molar refractivity (Wildman–Crippen MR) is 65.0 cm³/mol. The Labute approximate surface area is 105 Å². The maximum Gasteiger partial charge on any atom is 0.290 e. The van der Waals surface area contributed by atoms with E-state index in [4.69, 9.17) is 8.83 Å². The minimum atomic E-state index is -0.0537. The number of carbonyl (C=O) groups excluding carboxylic acids is 1. The molecule has 0 aromatic carbocycles. The molecule has 0 unspecified atom stereocenters. The zero-order chi connectivity index (χ0) is 12.5. The summed E-state index contributed by atoms with van der Waals surface area (Å²) in [7, 11) is 0. The molecule has 2 aromatic heterocycles. The van der Waals surface area contributed by atoms with Crippen LogP contribution in [0.2, 0.25) is 0 Å². The molecule has 1 saturated carbocycles. The Morgan fingerprint density at radius 1 is 1.39 bits per heavy atom. The number of furan rings is 2. The first-order valence-electron chi connectivity index (χ1n) is 6.14. The van der Waals surface area contributed by atoms with Gasteiger partial charge in [-0.2, -0.15) is 0 Å². The summed E-state index contributed by atoms with van der Waals surface area (Å²) in [5.74, 6) is 1.92. The van der Waals surface area contributed by atoms with Crippen LogP contribution < -0.4 is 0 Å². The number of nitrogens with zero attached hydrogens (tertiary/aromatic N) is 1. The SMILES string of the molecule is Cc1ccc(C(=O)N(Cc2ccco2)C2CC2)o1. The number of aryl methyl sites for hydroxylation is 1. The molecule has 2 aromatic rings. The van der Waals surface area contributed by atoms with Crippen LogP contribution in [0.25, 0.3) is 0 Å². The largest absolute Gasteiger partial charge is 0.467 e. The Hall–Kier alpha value is -1.97. The van der Waals surface area contributed by atoms with E-state index in [2.05, 4.69) is 0 Å². The smallest absolute Gasteiger partial charge is 0.290 e. The molecule has 0 radical (unpaired) electrons. The van der Waals surface area contributed by atoms with Crippen molar-refractivity contribution in [3.05, 3.63) is 47.8 Å². The van der Waals surface area contributed by atoms with Crippen molar-refractivity contribution < 1.29 is 13.6 Å². The monoisotopic (exact) mass is 245 g/mol. The maximum atomic E-state index is 12.4. The van der Waals surface area contributed by atoms with Crippen LogP contribution in [0.5, 0.6) is 0 Å². The third-order valence-corrected chi connectivity index (χ3v) is 3.11. The van der Waals surface area contributed by atoms with Crippen molar-refractivity contribution in [2.75, 3.05) is 0 Å². The third kappa shape index (κ3) is 2.18. The van der Waals surface area contributed by atoms with Gasteiger partial charge in [-0.3, -0.25) is 4.79 Å². The van der Waals surface area contributed by atoms with E-state index in [1.54, 1.807) is 12.3 Å². The van der Waals surface area contributed by atoms with Crippen LogP contribution in [0.15, 0.2) is 39.4 Å². The van der Waals surface area contributed by atoms with Crippen LogP contribution in [0, 0.1) is 6.92 Å². The molecule has 0 atom stereocenters. The van der Waals surface area contributed by atoms with Gasteiger partial charge in [0.2, 0.25) is 0 Å². The van der Waals surface area contributed by atoms with Crippen molar-refractivity contribution in [2.45, 2.75) is 32.4 Å². The van der Waals surface area contributed by atoms with Crippen molar-refractivity contribution in [2.24, 2.45) is 0 Å². The lowest BCUT2D eigenvalue weighted by atomic mass is 10.3. The second kappa shape index (κ2) is 4.37. The fourth-order valence-corrected chi connectivity index (χ4v) is 2.01. The summed E-state index contributed by atoms with van der Waals surface area (Å²) in [6, 6.07) is 7.59. The second-order valence-electron chi connectivity index (χ2n) is 4.65. The van der Waals surface area contributed by atoms with Crippen LogP contribution in [0.1, 0.15) is 34.9 Å². The summed E-state index contributed by atoms with van der Waals surface area (Å²) in [5.41, 5.74) is 0. The van der Waals surface area contributed by atoms with Crippen LogP contribution in [-0.2, 0) is 6.54 Å². The van der Waals surface area contributed by atoms with Gasteiger partial charge in [0.05, 0.1) is 12.8 Å². The van der Waals surface area contributed by atoms with Crippen molar-refractivity contribution in [3.8, 4) is 0 Å². The molecule has 4 nitrogen and oxygen atoms in total. The first kappa shape index (κ1) is 11.1. The summed E-state index contributed by atoms with van der Waals surface area (Å²) >= 11 is 0. The normalized spacial score (nSPS) is 14.7. The van der Waals surface area contributed by atoms with Crippen LogP contribution in [-0.4, -0.2) is 16.8 Å². The Morgan fingerprint density at radius 3 is 2.78 bits per heavy atom. The zero-order valence-corrected chi connectivity index (χ0v) is 10.3. The fraction of sp³-hybridized carbons (Fsp3) is 0.357. The Kier molecular flexibility index (Phi) is 2.70. The van der Waals surface area contributed by atoms with E-state index < -0.39 is 0 Å². The van der Waals surface area contributed by atoms with E-state index in [1.807, 2.05) is 30.0 Å². The molecule has 1 aliphatic carbocycles. The average Bonchev–Trinajstić information content (AvgIpc) is 2.88. The molecule has 1 fully saturated rings. The van der Waals surface area contributed by atoms with Gasteiger partial charge in [0.15, 0.2) is 5.76 Å². The van der Waals surface area contributed by atoms with E-state index in [0.29, 0.717) is 18.3 Å². The average molecular weight is 245 g/mol. The first-order chi connectivity index (χ1) is 8.74. The number of rotatable bonds is 4. The lowest BCUT2D eigenvalue weighted by molar-refractivity contribution is 0.0683. The van der Waals surface area contributed by atoms with Gasteiger partial charge in [0, 0.05) is 6.04 Å². The van der Waals surface area contributed by atoms with Gasteiger partial charge in [-0.25, -0.2) is 0 Å². The van der Waals surface area contributed by atoms with Crippen LogP contribution in [0.4, 0.5) is 0 Å². The topological polar surface area (TPSA) is 46.6 Å². The number of hydrogen-bond donors (Lipinski definition) is 0. The lowest BCUT2D eigenvalue weighted by Gasteiger charge is -2.19. The quantitative estimate of drug-likeness (QED) is 0.831. The van der Waals surface area contributed by atoms with Gasteiger partial charge in [-0.1, -0.05) is 0 Å². The van der Waals surface area contributed by atoms with Gasteiger partial charge in [0.1, 0.15) is 11.5 Å². The highest BCUT2D eigenvalue weighted by atomic mass is 16.4. The molecule has 4 heteroatoms. The minimum Gasteiger partial charge on any atom is -0.467 e. The van der Waals surface area contributed by atoms with E-state index in [9.17, 15) is 4.79 Å². The summed E-state index contributed by atoms with van der Waals surface area (Å²) in [6.07, 6.45) is 3.75. The highest BCUT2D eigenvalue weighted by Gasteiger charge is 2.34. The Morgan fingerprint density at radius 2 is 2.22 bits per heavy atom. The second-order valence-corrected chi connectivity index (χ2v) is 4.65. The highest BCUT2D eigenvalue weighted by Crippen LogP contribution is 2.30. The Balaban J connectivity index is 1.79. The number of hydrogen-bond acceptors (Lipinski definition) is 3. The molecule has 1 amide bonds. The standard InChI is InChI=1S/C14H15NO3/c1-10-4-7-13(18-10)14(16)15(11-5-6-11)9-12-3-2-8-17-12/h2-4,7-8,11H,5-6,9H2,1H3. The van der Waals surface area contributed by atoms with Crippen molar-refractivity contribution >= 4 is 5.91 Å². The maximum absolute atomic E-state index is 12.4. The van der Waals surface area contributed by atoms with Gasteiger partial charge >= 0.3 is 0 Å². The van der Waals surface area contributed by atoms with Crippen molar-refractivity contribution in [1.29, 1.82) is 0 Å². The zero-order valence-electron chi connectivity index (χ0n) is 10.3. The molecule has 2 heterocycles. The molecular formula is C14H15NO3. The van der Waals surface area contributed by atoms with Crippen molar-refractivity contribution in [3.63, 3.8) is 0 Å². The van der Waals surface area contributed by atoms with Gasteiger partial charge in [-0.05, 0) is 44.0 Å². The van der Waals surface area contributed by atoms with Gasteiger partial charge < -0.3 is 13.7 Å². The number of amides is 1. The summed E-state index contributed by atoms with van der Waals surface area (Å²) in [4.78, 5) is 14.2. The molecular weight excluding hydrogens is 230 g/mol. The van der Waals surface area contributed by atoms with Gasteiger partial charge in [0.25, 0.3) is 5.91 Å². The summed E-state index contributed by atoms with van der Waals surface area (Å²) < 4.78 is 10.7. The summed E-state index contributed by atoms with van der Waals surface area (Å²) in [5, 5.41) is 0. The van der Waals surface area contributed by atoms with E-state index in [0.717, 1.165) is 24.4 Å². The molecule has 18 heavy (non-hydrogen) atoms. The molecule has 94 valence electrons. The minimum absolute atomic E-state index is 0.0537. The van der Waals surface area contributed by atoms with Crippen molar-refractivity contribution in [1.82, 2.24) is 4.90 Å². The van der Waals surface area contributed by atoms with E-state index in [-0.39, 0.29) is 5.91 Å². The molecule has 0 bridgehead atoms. The number of carbonyl (C=O) groups is 1. The Bertz CT molecular complexity index is 537. The van der Waals surface area contributed by atoms with Crippen LogP contribution in [0.3, 0.4) is 0 Å². The molecule has 1 aliphatic rings. The molecule has 0 N–H and O–H groups in total. The first-order valence-corrected chi connectivity index (χ1v) is 6.14.